The summed E-state index contributed by atoms with van der Waals surface area (Å²) in [4.78, 5) is 0. The van der Waals surface area contributed by atoms with Crippen LogP contribution in [-0.2, 0) is 19.5 Å². The van der Waals surface area contributed by atoms with Crippen LogP contribution in [0.5, 0.6) is 0 Å². The first-order chi connectivity index (χ1) is 2.27. The molecule has 0 bridgehead atoms. The summed E-state index contributed by atoms with van der Waals surface area (Å²) >= 11 is 0. The summed E-state index contributed by atoms with van der Waals surface area (Å²) in [5, 5.41) is 0. The van der Waals surface area contributed by atoms with E-state index in [9.17, 15) is 0 Å². The number of hydrogen-bond donors (Lipinski definition) is 0. The van der Waals surface area contributed by atoms with E-state index in [2.05, 4.69) is 20.8 Å². The van der Waals surface area contributed by atoms with Crippen molar-refractivity contribution in [2.45, 2.75) is 20.3 Å². The summed E-state index contributed by atoms with van der Waals surface area (Å²) in [5.41, 5.74) is 0. The topological polar surface area (TPSA) is 0 Å². The van der Waals surface area contributed by atoms with E-state index in [0.717, 1.165) is 12.3 Å². The molecule has 7 heavy (non-hydrogen) atoms. The summed E-state index contributed by atoms with van der Waals surface area (Å²) in [6.45, 7) is 8.00. The maximum atomic E-state index is 3.69. The minimum atomic E-state index is 0. The predicted molar refractivity (Wildman–Crippen MR) is 24.8 cm³/mol. The monoisotopic (exact) mass is 262 g/mol. The summed E-state index contributed by atoms with van der Waals surface area (Å²) < 4.78 is 0. The zero-order valence-corrected chi connectivity index (χ0v) is 10.2. The fourth-order valence-corrected chi connectivity index (χ4v) is 0. The molecule has 0 atom stereocenters. The zero-order valence-electron chi connectivity index (χ0n) is 5.08. The van der Waals surface area contributed by atoms with Crippen LogP contribution < -0.4 is 24.0 Å². The van der Waals surface area contributed by atoms with Gasteiger partial charge in [0, 0.05) is 19.5 Å². The second kappa shape index (κ2) is 10.4. The first-order valence-electron chi connectivity index (χ1n) is 2.06. The minimum Gasteiger partial charge on any atom is -1.00 e. The Morgan fingerprint density at radius 3 is 1.57 bits per heavy atom. The molecule has 0 nitrogen and oxygen atoms in total. The molecule has 0 unspecified atom stereocenters. The first kappa shape index (κ1) is 15.8. The molecule has 0 saturated heterocycles. The average Bonchev–Trinajstić information content (AvgIpc) is 1.38. The van der Waals surface area contributed by atoms with E-state index in [1.807, 2.05) is 0 Å². The maximum Gasteiger partial charge on any atom is 0 e. The average molecular weight is 263 g/mol. The van der Waals surface area contributed by atoms with Crippen LogP contribution in [0.1, 0.15) is 20.3 Å². The van der Waals surface area contributed by atoms with Gasteiger partial charge in [-0.1, -0.05) is 27.2 Å². The Balaban J connectivity index is -0.0000000800. The molecule has 0 aromatic rings. The molecule has 0 N–H and O–H groups in total. The van der Waals surface area contributed by atoms with Crippen molar-refractivity contribution in [3.63, 3.8) is 0 Å². The molecule has 41 valence electrons. The summed E-state index contributed by atoms with van der Waals surface area (Å²) in [7, 11) is 0. The molecule has 0 aromatic heterocycles. The number of rotatable bonds is 1. The molecule has 1 radical (unpaired) electrons. The van der Waals surface area contributed by atoms with E-state index in [1.165, 1.54) is 0 Å². The van der Waals surface area contributed by atoms with E-state index < -0.39 is 0 Å². The van der Waals surface area contributed by atoms with Gasteiger partial charge in [-0.3, -0.25) is 0 Å². The van der Waals surface area contributed by atoms with Gasteiger partial charge in [0.05, 0.1) is 0 Å². The fourth-order valence-electron chi connectivity index (χ4n) is 0. The second-order valence-corrected chi connectivity index (χ2v) is 1.68. The Morgan fingerprint density at radius 1 is 1.43 bits per heavy atom. The van der Waals surface area contributed by atoms with Gasteiger partial charge in [0.15, 0.2) is 0 Å². The first-order valence-corrected chi connectivity index (χ1v) is 2.06. The van der Waals surface area contributed by atoms with E-state index >= 15 is 0 Å². The van der Waals surface area contributed by atoms with Crippen LogP contribution in [0.15, 0.2) is 0 Å². The van der Waals surface area contributed by atoms with Gasteiger partial charge in [-0.15, -0.1) is 0 Å². The number of hydrogen-bond acceptors (Lipinski definition) is 0. The van der Waals surface area contributed by atoms with Gasteiger partial charge in [0.25, 0.3) is 0 Å². The normalized spacial score (nSPS) is 6.86. The van der Waals surface area contributed by atoms with Gasteiger partial charge in [-0.05, 0) is 5.92 Å². The quantitative estimate of drug-likeness (QED) is 0.415. The Labute approximate surface area is 76.2 Å². The zero-order chi connectivity index (χ0) is 4.28. The summed E-state index contributed by atoms with van der Waals surface area (Å²) in [6.07, 6.45) is 1.06. The maximum absolute atomic E-state index is 3.69. The van der Waals surface area contributed by atoms with Crippen LogP contribution in [0.25, 0.3) is 0 Å². The van der Waals surface area contributed by atoms with Gasteiger partial charge >= 0.3 is 0 Å². The molecule has 0 aliphatic rings. The summed E-state index contributed by atoms with van der Waals surface area (Å²) in [5.74, 6) is 0.773. The SMILES string of the molecule is [CH2]CC(C)C.[I-].[Zn]. The van der Waals surface area contributed by atoms with Crippen LogP contribution in [0.4, 0.5) is 0 Å². The molecular weight excluding hydrogens is 252 g/mol. The van der Waals surface area contributed by atoms with Crippen LogP contribution in [0.3, 0.4) is 0 Å². The molecule has 0 spiro atoms. The molecule has 2 heteroatoms. The van der Waals surface area contributed by atoms with Crippen molar-refractivity contribution in [2.75, 3.05) is 0 Å². The largest absolute Gasteiger partial charge is 1.00 e. The molecule has 0 rings (SSSR count). The Hall–Kier alpha value is 1.35. The molecule has 0 saturated carbocycles. The third-order valence-electron chi connectivity index (χ3n) is 0.577. The van der Waals surface area contributed by atoms with Crippen molar-refractivity contribution in [3.05, 3.63) is 6.92 Å². The van der Waals surface area contributed by atoms with Crippen LogP contribution >= 0.6 is 0 Å². The minimum absolute atomic E-state index is 0. The van der Waals surface area contributed by atoms with Crippen molar-refractivity contribution >= 4 is 0 Å². The van der Waals surface area contributed by atoms with Crippen molar-refractivity contribution in [1.29, 1.82) is 0 Å². The fraction of sp³-hybridized carbons (Fsp3) is 0.800. The van der Waals surface area contributed by atoms with Crippen LogP contribution in [-0.4, -0.2) is 0 Å². The molecule has 0 amide bonds. The molecule has 0 heterocycles. The van der Waals surface area contributed by atoms with Crippen LogP contribution in [0, 0.1) is 12.8 Å². The van der Waals surface area contributed by atoms with Gasteiger partial charge in [0.1, 0.15) is 0 Å². The Morgan fingerprint density at radius 2 is 1.57 bits per heavy atom. The van der Waals surface area contributed by atoms with Gasteiger partial charge in [0.2, 0.25) is 0 Å². The molecule has 0 aromatic carbocycles. The van der Waals surface area contributed by atoms with Crippen LogP contribution in [0.2, 0.25) is 0 Å². The van der Waals surface area contributed by atoms with Crippen molar-refractivity contribution in [2.24, 2.45) is 5.92 Å². The van der Waals surface area contributed by atoms with E-state index in [0.29, 0.717) is 0 Å². The number of halogens is 1. The predicted octanol–water partition coefficient (Wildman–Crippen LogP) is -1.13. The Kier molecular flexibility index (Phi) is 23.3. The molecule has 0 aliphatic heterocycles. The van der Waals surface area contributed by atoms with Crippen molar-refractivity contribution < 1.29 is 43.5 Å². The molecule has 0 fully saturated rings. The second-order valence-electron chi connectivity index (χ2n) is 1.68. The van der Waals surface area contributed by atoms with Gasteiger partial charge in [-0.2, -0.15) is 0 Å². The third-order valence-corrected chi connectivity index (χ3v) is 0.577. The van der Waals surface area contributed by atoms with Crippen molar-refractivity contribution in [3.8, 4) is 0 Å². The van der Waals surface area contributed by atoms with E-state index in [4.69, 9.17) is 0 Å². The van der Waals surface area contributed by atoms with E-state index in [-0.39, 0.29) is 43.5 Å². The molecule has 0 aliphatic carbocycles. The van der Waals surface area contributed by atoms with Gasteiger partial charge < -0.3 is 24.0 Å². The van der Waals surface area contributed by atoms with Gasteiger partial charge in [-0.25, -0.2) is 0 Å². The van der Waals surface area contributed by atoms with Crippen molar-refractivity contribution in [1.82, 2.24) is 0 Å². The Bertz CT molecular complexity index is 22.0. The van der Waals surface area contributed by atoms with E-state index in [1.54, 1.807) is 0 Å². The smallest absolute Gasteiger partial charge is 0 e. The molecular formula is C5H11IZn-. The standard InChI is InChI=1S/C5H11.HI.Zn/c1-4-5(2)3;;/h5H,1,4H2,2-3H3;1H;/p-1. The third kappa shape index (κ3) is 18.7. The summed E-state index contributed by atoms with van der Waals surface area (Å²) in [6, 6.07) is 0.